The highest BCUT2D eigenvalue weighted by atomic mass is 79.9. The normalized spacial score (nSPS) is 10.0. The molecule has 2 rings (SSSR count). The molecule has 1 amide bonds. The van der Waals surface area contributed by atoms with E-state index in [9.17, 15) is 4.79 Å². The molecule has 6 nitrogen and oxygen atoms in total. The molecule has 3 N–H and O–H groups in total. The first kappa shape index (κ1) is 15.1. The van der Waals surface area contributed by atoms with Crippen molar-refractivity contribution in [1.82, 2.24) is 4.98 Å². The van der Waals surface area contributed by atoms with Crippen LogP contribution in [0.25, 0.3) is 0 Å². The number of benzene rings is 1. The molecule has 1 heterocycles. The van der Waals surface area contributed by atoms with E-state index in [-0.39, 0.29) is 12.5 Å². The molecule has 0 radical (unpaired) electrons. The first-order chi connectivity index (χ1) is 10.1. The number of ether oxygens (including phenoxy) is 2. The minimum absolute atomic E-state index is 0.135. The van der Waals surface area contributed by atoms with E-state index < -0.39 is 0 Å². The zero-order valence-corrected chi connectivity index (χ0v) is 12.9. The van der Waals surface area contributed by atoms with Crippen LogP contribution < -0.4 is 20.5 Å². The van der Waals surface area contributed by atoms with Gasteiger partial charge >= 0.3 is 0 Å². The molecule has 110 valence electrons. The van der Waals surface area contributed by atoms with Crippen molar-refractivity contribution in [2.75, 3.05) is 24.8 Å². The van der Waals surface area contributed by atoms with Gasteiger partial charge in [0, 0.05) is 16.7 Å². The van der Waals surface area contributed by atoms with Crippen LogP contribution in [0.4, 0.5) is 11.4 Å². The highest BCUT2D eigenvalue weighted by Gasteiger charge is 2.07. The van der Waals surface area contributed by atoms with Gasteiger partial charge in [0.25, 0.3) is 5.91 Å². The molecule has 0 aliphatic rings. The SMILES string of the molecule is COc1ccc(NC(=O)COc2cncc(Br)c2)c(N)c1. The molecule has 0 bridgehead atoms. The van der Waals surface area contributed by atoms with E-state index in [2.05, 4.69) is 26.2 Å². The number of aromatic nitrogens is 1. The number of nitrogens with zero attached hydrogens (tertiary/aromatic N) is 1. The molecule has 1 aromatic heterocycles. The van der Waals surface area contributed by atoms with Gasteiger partial charge in [-0.05, 0) is 34.1 Å². The topological polar surface area (TPSA) is 86.5 Å². The van der Waals surface area contributed by atoms with Gasteiger partial charge in [0.05, 0.1) is 24.7 Å². The minimum Gasteiger partial charge on any atom is -0.497 e. The Balaban J connectivity index is 1.93. The molecule has 0 saturated carbocycles. The van der Waals surface area contributed by atoms with Crippen molar-refractivity contribution in [3.8, 4) is 11.5 Å². The standard InChI is InChI=1S/C14H14BrN3O3/c1-20-10-2-3-13(12(16)5-10)18-14(19)8-21-11-4-9(15)6-17-7-11/h2-7H,8,16H2,1H3,(H,18,19). The van der Waals surface area contributed by atoms with Crippen LogP contribution in [0.2, 0.25) is 0 Å². The Morgan fingerprint density at radius 3 is 2.81 bits per heavy atom. The second kappa shape index (κ2) is 6.94. The van der Waals surface area contributed by atoms with Gasteiger partial charge in [0.1, 0.15) is 11.5 Å². The first-order valence-electron chi connectivity index (χ1n) is 6.05. The zero-order chi connectivity index (χ0) is 15.2. The molecule has 0 atom stereocenters. The lowest BCUT2D eigenvalue weighted by Gasteiger charge is -2.10. The maximum absolute atomic E-state index is 11.8. The molecule has 0 spiro atoms. The predicted molar refractivity (Wildman–Crippen MR) is 83.5 cm³/mol. The number of halogens is 1. The van der Waals surface area contributed by atoms with Crippen molar-refractivity contribution in [3.05, 3.63) is 41.1 Å². The van der Waals surface area contributed by atoms with Gasteiger partial charge in [-0.3, -0.25) is 9.78 Å². The molecule has 0 saturated heterocycles. The maximum Gasteiger partial charge on any atom is 0.262 e. The van der Waals surface area contributed by atoms with E-state index in [1.807, 2.05) is 0 Å². The summed E-state index contributed by atoms with van der Waals surface area (Å²) in [5.41, 5.74) is 6.75. The number of amides is 1. The van der Waals surface area contributed by atoms with E-state index in [4.69, 9.17) is 15.2 Å². The van der Waals surface area contributed by atoms with Gasteiger partial charge in [-0.15, -0.1) is 0 Å². The van der Waals surface area contributed by atoms with Crippen LogP contribution in [-0.4, -0.2) is 24.6 Å². The van der Waals surface area contributed by atoms with E-state index in [1.165, 1.54) is 6.20 Å². The van der Waals surface area contributed by atoms with Gasteiger partial charge < -0.3 is 20.5 Å². The summed E-state index contributed by atoms with van der Waals surface area (Å²) in [5, 5.41) is 2.67. The monoisotopic (exact) mass is 351 g/mol. The highest BCUT2D eigenvalue weighted by molar-refractivity contribution is 9.10. The van der Waals surface area contributed by atoms with E-state index in [0.29, 0.717) is 22.9 Å². The smallest absolute Gasteiger partial charge is 0.262 e. The molecule has 1 aromatic carbocycles. The zero-order valence-electron chi connectivity index (χ0n) is 11.3. The fraction of sp³-hybridized carbons (Fsp3) is 0.143. The summed E-state index contributed by atoms with van der Waals surface area (Å²) in [6, 6.07) is 6.74. The van der Waals surface area contributed by atoms with Crippen LogP contribution in [0.1, 0.15) is 0 Å². The summed E-state index contributed by atoms with van der Waals surface area (Å²) in [4.78, 5) is 15.8. The number of nitrogen functional groups attached to an aromatic ring is 1. The Morgan fingerprint density at radius 2 is 2.14 bits per heavy atom. The van der Waals surface area contributed by atoms with Crippen molar-refractivity contribution >= 4 is 33.2 Å². The van der Waals surface area contributed by atoms with Crippen molar-refractivity contribution in [2.45, 2.75) is 0 Å². The Hall–Kier alpha value is -2.28. The predicted octanol–water partition coefficient (Wildman–Crippen LogP) is 2.45. The van der Waals surface area contributed by atoms with Gasteiger partial charge in [0.15, 0.2) is 6.61 Å². The van der Waals surface area contributed by atoms with Crippen molar-refractivity contribution < 1.29 is 14.3 Å². The highest BCUT2D eigenvalue weighted by Crippen LogP contribution is 2.24. The summed E-state index contributed by atoms with van der Waals surface area (Å²) in [7, 11) is 1.55. The Labute approximate surface area is 130 Å². The molecule has 21 heavy (non-hydrogen) atoms. The fourth-order valence-electron chi connectivity index (χ4n) is 1.59. The minimum atomic E-state index is -0.313. The quantitative estimate of drug-likeness (QED) is 0.808. The lowest BCUT2D eigenvalue weighted by molar-refractivity contribution is -0.118. The molecular weight excluding hydrogens is 338 g/mol. The number of methoxy groups -OCH3 is 1. The van der Waals surface area contributed by atoms with E-state index in [0.717, 1.165) is 4.47 Å². The van der Waals surface area contributed by atoms with Gasteiger partial charge in [0.2, 0.25) is 0 Å². The van der Waals surface area contributed by atoms with Crippen LogP contribution in [0.3, 0.4) is 0 Å². The molecule has 0 aliphatic heterocycles. The van der Waals surface area contributed by atoms with Crippen molar-refractivity contribution in [3.63, 3.8) is 0 Å². The van der Waals surface area contributed by atoms with Crippen molar-refractivity contribution in [2.24, 2.45) is 0 Å². The Bertz CT molecular complexity index is 649. The summed E-state index contributed by atoms with van der Waals surface area (Å²) >= 11 is 3.27. The molecular formula is C14H14BrN3O3. The molecule has 0 unspecified atom stereocenters. The third-order valence-electron chi connectivity index (χ3n) is 2.58. The largest absolute Gasteiger partial charge is 0.497 e. The Kier molecular flexibility index (Phi) is 4.99. The van der Waals surface area contributed by atoms with Gasteiger partial charge in [-0.25, -0.2) is 0 Å². The summed E-state index contributed by atoms with van der Waals surface area (Å²) in [5.74, 6) is 0.816. The second-order valence-electron chi connectivity index (χ2n) is 4.13. The van der Waals surface area contributed by atoms with Crippen LogP contribution in [0.15, 0.2) is 41.1 Å². The number of anilines is 2. The van der Waals surface area contributed by atoms with Crippen LogP contribution in [0.5, 0.6) is 11.5 Å². The molecule has 0 aliphatic carbocycles. The summed E-state index contributed by atoms with van der Waals surface area (Å²) in [6.07, 6.45) is 3.16. The third kappa shape index (κ3) is 4.35. The average Bonchev–Trinajstić information content (AvgIpc) is 2.47. The fourth-order valence-corrected chi connectivity index (χ4v) is 1.93. The van der Waals surface area contributed by atoms with Gasteiger partial charge in [-0.1, -0.05) is 0 Å². The molecule has 0 fully saturated rings. The first-order valence-corrected chi connectivity index (χ1v) is 6.84. The number of pyridine rings is 1. The number of carbonyl (C=O) groups excluding carboxylic acids is 1. The van der Waals surface area contributed by atoms with Crippen LogP contribution >= 0.6 is 15.9 Å². The Morgan fingerprint density at radius 1 is 1.33 bits per heavy atom. The van der Waals surface area contributed by atoms with Crippen molar-refractivity contribution in [1.29, 1.82) is 0 Å². The number of hydrogen-bond acceptors (Lipinski definition) is 5. The second-order valence-corrected chi connectivity index (χ2v) is 5.04. The maximum atomic E-state index is 11.8. The van der Waals surface area contributed by atoms with E-state index in [1.54, 1.807) is 37.6 Å². The average molecular weight is 352 g/mol. The van der Waals surface area contributed by atoms with Crippen LogP contribution in [0, 0.1) is 0 Å². The van der Waals surface area contributed by atoms with E-state index >= 15 is 0 Å². The molecule has 7 heteroatoms. The molecule has 2 aromatic rings. The summed E-state index contributed by atoms with van der Waals surface area (Å²) < 4.78 is 11.2. The van der Waals surface area contributed by atoms with Crippen LogP contribution in [-0.2, 0) is 4.79 Å². The number of carbonyl (C=O) groups is 1. The lowest BCUT2D eigenvalue weighted by atomic mass is 10.2. The summed E-state index contributed by atoms with van der Waals surface area (Å²) in [6.45, 7) is -0.135. The lowest BCUT2D eigenvalue weighted by Crippen LogP contribution is -2.20. The number of nitrogens with two attached hydrogens (primary N) is 1. The van der Waals surface area contributed by atoms with Gasteiger partial charge in [-0.2, -0.15) is 0 Å². The third-order valence-corrected chi connectivity index (χ3v) is 3.02. The number of hydrogen-bond donors (Lipinski definition) is 2. The number of rotatable bonds is 5. The number of nitrogens with one attached hydrogen (secondary N) is 1.